The monoisotopic (exact) mass is 182 g/mol. The van der Waals surface area contributed by atoms with Gasteiger partial charge in [0.15, 0.2) is 0 Å². The van der Waals surface area contributed by atoms with E-state index in [4.69, 9.17) is 10.4 Å². The second-order valence-electron chi connectivity index (χ2n) is 3.21. The molecule has 1 fully saturated rings. The highest BCUT2D eigenvalue weighted by Crippen LogP contribution is 2.47. The molecule has 0 aliphatic heterocycles. The van der Waals surface area contributed by atoms with Crippen LogP contribution in [0, 0.1) is 16.7 Å². The average Bonchev–Trinajstić information content (AvgIpc) is 2.83. The Morgan fingerprint density at radius 3 is 2.46 bits per heavy atom. The quantitative estimate of drug-likeness (QED) is 0.485. The van der Waals surface area contributed by atoms with Crippen LogP contribution < -0.4 is 0 Å². The van der Waals surface area contributed by atoms with Crippen LogP contribution in [0.15, 0.2) is 0 Å². The molecule has 1 rings (SSSR count). The molecule has 1 saturated carbocycles. The van der Waals surface area contributed by atoms with Crippen molar-refractivity contribution in [1.29, 1.82) is 5.26 Å². The van der Waals surface area contributed by atoms with Crippen LogP contribution in [-0.2, 0) is 9.59 Å². The van der Waals surface area contributed by atoms with E-state index in [2.05, 4.69) is 0 Å². The van der Waals surface area contributed by atoms with Gasteiger partial charge in [-0.2, -0.15) is 5.26 Å². The molecule has 0 saturated heterocycles. The van der Waals surface area contributed by atoms with Gasteiger partial charge in [-0.1, -0.05) is 0 Å². The van der Waals surface area contributed by atoms with Crippen LogP contribution in [0.25, 0.3) is 0 Å². The predicted octanol–water partition coefficient (Wildman–Crippen LogP) is -0.167. The molecule has 0 aromatic heterocycles. The maximum absolute atomic E-state index is 11.5. The summed E-state index contributed by atoms with van der Waals surface area (Å²) in [5.41, 5.74) is -1.22. The maximum atomic E-state index is 11.5. The van der Waals surface area contributed by atoms with Crippen molar-refractivity contribution < 1.29 is 14.7 Å². The molecule has 1 aliphatic rings. The predicted molar refractivity (Wildman–Crippen MR) is 42.6 cm³/mol. The molecule has 0 radical (unpaired) electrons. The van der Waals surface area contributed by atoms with E-state index in [1.165, 1.54) is 7.05 Å². The normalized spacial score (nSPS) is 17.2. The van der Waals surface area contributed by atoms with Crippen molar-refractivity contribution in [3.05, 3.63) is 0 Å². The van der Waals surface area contributed by atoms with E-state index in [9.17, 15) is 9.59 Å². The first-order chi connectivity index (χ1) is 6.04. The molecule has 0 spiro atoms. The van der Waals surface area contributed by atoms with Crippen LogP contribution in [-0.4, -0.2) is 35.5 Å². The van der Waals surface area contributed by atoms with Crippen molar-refractivity contribution in [3.63, 3.8) is 0 Å². The van der Waals surface area contributed by atoms with E-state index in [-0.39, 0.29) is 6.54 Å². The van der Waals surface area contributed by atoms with E-state index in [0.29, 0.717) is 12.8 Å². The number of nitriles is 1. The first-order valence-electron chi connectivity index (χ1n) is 3.90. The maximum Gasteiger partial charge on any atom is 0.319 e. The molecule has 0 bridgehead atoms. The lowest BCUT2D eigenvalue weighted by molar-refractivity contribution is -0.152. The summed E-state index contributed by atoms with van der Waals surface area (Å²) in [5, 5.41) is 17.1. The lowest BCUT2D eigenvalue weighted by Crippen LogP contribution is -2.38. The van der Waals surface area contributed by atoms with Gasteiger partial charge in [-0.05, 0) is 12.8 Å². The molecule has 13 heavy (non-hydrogen) atoms. The Labute approximate surface area is 75.6 Å². The number of carboxylic acids is 1. The summed E-state index contributed by atoms with van der Waals surface area (Å²) in [6.07, 6.45) is 0.772. The number of carbonyl (C=O) groups is 2. The first-order valence-corrected chi connectivity index (χ1v) is 3.90. The molecule has 1 aliphatic carbocycles. The molecular weight excluding hydrogens is 172 g/mol. The highest BCUT2D eigenvalue weighted by molar-refractivity contribution is 6.04. The van der Waals surface area contributed by atoms with Crippen molar-refractivity contribution in [3.8, 4) is 6.07 Å². The Balaban J connectivity index is 2.69. The fourth-order valence-corrected chi connectivity index (χ4v) is 1.19. The molecule has 5 nitrogen and oxygen atoms in total. The number of aliphatic carboxylic acids is 1. The molecule has 1 amide bonds. The van der Waals surface area contributed by atoms with Gasteiger partial charge in [-0.25, -0.2) is 0 Å². The number of nitrogens with zero attached hydrogens (tertiary/aromatic N) is 2. The van der Waals surface area contributed by atoms with Crippen LogP contribution in [0.5, 0.6) is 0 Å². The van der Waals surface area contributed by atoms with E-state index in [1.54, 1.807) is 6.07 Å². The number of amides is 1. The van der Waals surface area contributed by atoms with Gasteiger partial charge >= 0.3 is 5.97 Å². The minimum Gasteiger partial charge on any atom is -0.480 e. The molecule has 1 N–H and O–H groups in total. The number of rotatable bonds is 3. The summed E-state index contributed by atoms with van der Waals surface area (Å²) in [6.45, 7) is -0.0616. The largest absolute Gasteiger partial charge is 0.480 e. The third-order valence-electron chi connectivity index (χ3n) is 2.22. The van der Waals surface area contributed by atoms with Crippen LogP contribution in [0.2, 0.25) is 0 Å². The van der Waals surface area contributed by atoms with Gasteiger partial charge in [-0.15, -0.1) is 0 Å². The van der Waals surface area contributed by atoms with Crippen LogP contribution >= 0.6 is 0 Å². The second-order valence-corrected chi connectivity index (χ2v) is 3.21. The van der Waals surface area contributed by atoms with E-state index in [0.717, 1.165) is 4.90 Å². The van der Waals surface area contributed by atoms with Gasteiger partial charge in [0.2, 0.25) is 5.91 Å². The molecule has 0 aromatic carbocycles. The van der Waals surface area contributed by atoms with E-state index < -0.39 is 17.3 Å². The van der Waals surface area contributed by atoms with Crippen LogP contribution in [0.4, 0.5) is 0 Å². The van der Waals surface area contributed by atoms with Gasteiger partial charge in [0, 0.05) is 7.05 Å². The zero-order chi connectivity index (χ0) is 10.1. The molecule has 0 unspecified atom stereocenters. The third-order valence-corrected chi connectivity index (χ3v) is 2.22. The lowest BCUT2D eigenvalue weighted by Gasteiger charge is -2.17. The van der Waals surface area contributed by atoms with Gasteiger partial charge in [0.1, 0.15) is 12.0 Å². The van der Waals surface area contributed by atoms with Crippen molar-refractivity contribution in [2.45, 2.75) is 12.8 Å². The highest BCUT2D eigenvalue weighted by Gasteiger charge is 2.58. The summed E-state index contributed by atoms with van der Waals surface area (Å²) in [6, 6.07) is 1.80. The Morgan fingerprint density at radius 1 is 1.62 bits per heavy atom. The molecule has 0 atom stereocenters. The summed E-state index contributed by atoms with van der Waals surface area (Å²) in [4.78, 5) is 23.3. The Hall–Kier alpha value is -1.57. The molecule has 5 heteroatoms. The number of hydrogen-bond acceptors (Lipinski definition) is 3. The fraction of sp³-hybridized carbons (Fsp3) is 0.625. The second kappa shape index (κ2) is 3.05. The van der Waals surface area contributed by atoms with Crippen molar-refractivity contribution in [2.24, 2.45) is 5.41 Å². The smallest absolute Gasteiger partial charge is 0.319 e. The third kappa shape index (κ3) is 1.47. The van der Waals surface area contributed by atoms with Crippen LogP contribution in [0.1, 0.15) is 12.8 Å². The molecule has 70 valence electrons. The van der Waals surface area contributed by atoms with Gasteiger partial charge in [0.05, 0.1) is 6.07 Å². The number of carboxylic acid groups (broad SMARTS) is 1. The number of hydrogen-bond donors (Lipinski definition) is 1. The first kappa shape index (κ1) is 9.52. The number of carbonyl (C=O) groups excluding carboxylic acids is 1. The van der Waals surface area contributed by atoms with Crippen molar-refractivity contribution >= 4 is 11.9 Å². The zero-order valence-corrected chi connectivity index (χ0v) is 7.28. The Bertz CT molecular complexity index is 288. The molecule has 0 aromatic rings. The topological polar surface area (TPSA) is 81.4 Å². The van der Waals surface area contributed by atoms with E-state index >= 15 is 0 Å². The van der Waals surface area contributed by atoms with Gasteiger partial charge in [-0.3, -0.25) is 9.59 Å². The summed E-state index contributed by atoms with van der Waals surface area (Å²) >= 11 is 0. The van der Waals surface area contributed by atoms with Crippen LogP contribution in [0.3, 0.4) is 0 Å². The summed E-state index contributed by atoms with van der Waals surface area (Å²) in [5.74, 6) is -1.54. The standard InChI is InChI=1S/C8H10N2O3/c1-10(5-4-9)6(11)8(2-3-8)7(12)13/h2-3,5H2,1H3,(H,12,13). The molecular formula is C8H10N2O3. The summed E-state index contributed by atoms with van der Waals surface area (Å²) in [7, 11) is 1.44. The highest BCUT2D eigenvalue weighted by atomic mass is 16.4. The fourth-order valence-electron chi connectivity index (χ4n) is 1.19. The minimum absolute atomic E-state index is 0.0616. The van der Waals surface area contributed by atoms with Crippen molar-refractivity contribution in [2.75, 3.05) is 13.6 Å². The van der Waals surface area contributed by atoms with Gasteiger partial charge in [0.25, 0.3) is 0 Å². The Kier molecular flexibility index (Phi) is 2.24. The minimum atomic E-state index is -1.22. The molecule has 0 heterocycles. The van der Waals surface area contributed by atoms with Gasteiger partial charge < -0.3 is 10.0 Å². The van der Waals surface area contributed by atoms with Crippen molar-refractivity contribution in [1.82, 2.24) is 4.90 Å². The SMILES string of the molecule is CN(CC#N)C(=O)C1(C(=O)O)CC1. The average molecular weight is 182 g/mol. The Morgan fingerprint density at radius 2 is 2.15 bits per heavy atom. The summed E-state index contributed by atoms with van der Waals surface area (Å²) < 4.78 is 0. The zero-order valence-electron chi connectivity index (χ0n) is 7.28. The lowest BCUT2D eigenvalue weighted by atomic mass is 10.1. The van der Waals surface area contributed by atoms with E-state index in [1.807, 2.05) is 0 Å².